The van der Waals surface area contributed by atoms with Gasteiger partial charge in [-0.15, -0.1) is 0 Å². The van der Waals surface area contributed by atoms with E-state index in [9.17, 15) is 8.42 Å². The number of anilines is 1. The molecule has 0 aliphatic heterocycles. The second kappa shape index (κ2) is 5.64. The summed E-state index contributed by atoms with van der Waals surface area (Å²) < 4.78 is 29.1. The largest absolute Gasteiger partial charge is 0.496 e. The van der Waals surface area contributed by atoms with Gasteiger partial charge in [0, 0.05) is 23.5 Å². The molecule has 2 rings (SSSR count). The molecule has 4 nitrogen and oxygen atoms in total. The lowest BCUT2D eigenvalue weighted by Crippen LogP contribution is -2.34. The Kier molecular flexibility index (Phi) is 4.28. The normalized spacial score (nSPS) is 22.8. The van der Waals surface area contributed by atoms with Crippen LogP contribution in [-0.2, 0) is 9.84 Å². The van der Waals surface area contributed by atoms with Crippen molar-refractivity contribution in [3.63, 3.8) is 0 Å². The van der Waals surface area contributed by atoms with Crippen LogP contribution in [-0.4, -0.2) is 33.1 Å². The second-order valence-electron chi connectivity index (χ2n) is 5.64. The number of ether oxygens (including phenoxy) is 1. The number of hydrogen-bond donors (Lipinski definition) is 1. The predicted octanol–water partition coefficient (Wildman–Crippen LogP) is 2.69. The summed E-state index contributed by atoms with van der Waals surface area (Å²) in [5, 5.41) is 3.13. The molecule has 0 aromatic heterocycles. The van der Waals surface area contributed by atoms with Gasteiger partial charge in [0.2, 0.25) is 0 Å². The Morgan fingerprint density at radius 3 is 2.55 bits per heavy atom. The van der Waals surface area contributed by atoms with E-state index in [0.29, 0.717) is 0 Å². The molecule has 0 radical (unpaired) electrons. The maximum Gasteiger partial charge on any atom is 0.152 e. The second-order valence-corrected chi connectivity index (χ2v) is 7.90. The van der Waals surface area contributed by atoms with Gasteiger partial charge in [-0.1, -0.05) is 6.07 Å². The fourth-order valence-corrected chi connectivity index (χ4v) is 4.50. The Balaban J connectivity index is 2.26. The van der Waals surface area contributed by atoms with Gasteiger partial charge in [-0.05, 0) is 44.7 Å². The summed E-state index contributed by atoms with van der Waals surface area (Å²) >= 11 is 0. The van der Waals surface area contributed by atoms with Crippen LogP contribution in [0.5, 0.6) is 5.75 Å². The van der Waals surface area contributed by atoms with Crippen molar-refractivity contribution in [1.82, 2.24) is 0 Å². The average Bonchev–Trinajstić information content (AvgIpc) is 2.81. The lowest BCUT2D eigenvalue weighted by atomic mass is 10.1. The number of nitrogens with one attached hydrogen (secondary N) is 1. The highest BCUT2D eigenvalue weighted by atomic mass is 32.2. The summed E-state index contributed by atoms with van der Waals surface area (Å²) in [7, 11) is -1.34. The minimum Gasteiger partial charge on any atom is -0.496 e. The predicted molar refractivity (Wildman–Crippen MR) is 82.4 cm³/mol. The van der Waals surface area contributed by atoms with Crippen molar-refractivity contribution >= 4 is 15.5 Å². The molecule has 0 bridgehead atoms. The first kappa shape index (κ1) is 15.2. The van der Waals surface area contributed by atoms with E-state index in [-0.39, 0.29) is 11.3 Å². The molecule has 112 valence electrons. The first-order chi connectivity index (χ1) is 9.34. The molecule has 20 heavy (non-hydrogen) atoms. The number of benzene rings is 1. The molecular weight excluding hydrogens is 274 g/mol. The molecule has 1 N–H and O–H groups in total. The van der Waals surface area contributed by atoms with Crippen molar-refractivity contribution < 1.29 is 13.2 Å². The molecule has 2 atom stereocenters. The summed E-state index contributed by atoms with van der Waals surface area (Å²) in [5.41, 5.74) is 3.08. The molecule has 1 aliphatic carbocycles. The first-order valence-corrected chi connectivity index (χ1v) is 8.89. The monoisotopic (exact) mass is 297 g/mol. The molecule has 1 aromatic carbocycles. The smallest absolute Gasteiger partial charge is 0.152 e. The molecule has 0 heterocycles. The maximum absolute atomic E-state index is 11.8. The van der Waals surface area contributed by atoms with Gasteiger partial charge in [0.1, 0.15) is 5.75 Å². The number of methoxy groups -OCH3 is 1. The van der Waals surface area contributed by atoms with E-state index in [4.69, 9.17) is 4.74 Å². The van der Waals surface area contributed by atoms with E-state index in [1.807, 2.05) is 26.0 Å². The van der Waals surface area contributed by atoms with Crippen molar-refractivity contribution in [3.05, 3.63) is 23.3 Å². The van der Waals surface area contributed by atoms with Crippen LogP contribution in [0.4, 0.5) is 5.69 Å². The summed E-state index contributed by atoms with van der Waals surface area (Å²) in [5.74, 6) is 0.865. The Labute approximate surface area is 121 Å². The van der Waals surface area contributed by atoms with Gasteiger partial charge >= 0.3 is 0 Å². The number of hydrogen-bond acceptors (Lipinski definition) is 4. The standard InChI is InChI=1S/C15H23NO3S/c1-10-8-9-12(11(2)15(10)19-3)16-13-6-5-7-14(13)20(4,17)18/h8-9,13-14,16H,5-7H2,1-4H3. The highest BCUT2D eigenvalue weighted by Crippen LogP contribution is 2.33. The first-order valence-electron chi connectivity index (χ1n) is 6.94. The summed E-state index contributed by atoms with van der Waals surface area (Å²) in [6.07, 6.45) is 3.93. The minimum absolute atomic E-state index is 0.00360. The zero-order valence-corrected chi connectivity index (χ0v) is 13.4. The van der Waals surface area contributed by atoms with Crippen LogP contribution in [0.2, 0.25) is 0 Å². The van der Waals surface area contributed by atoms with Gasteiger partial charge in [-0.25, -0.2) is 8.42 Å². The van der Waals surface area contributed by atoms with E-state index >= 15 is 0 Å². The Hall–Kier alpha value is -1.23. The molecule has 5 heteroatoms. The number of aryl methyl sites for hydroxylation is 1. The van der Waals surface area contributed by atoms with Gasteiger partial charge in [0.15, 0.2) is 9.84 Å². The van der Waals surface area contributed by atoms with Crippen molar-refractivity contribution in [2.75, 3.05) is 18.7 Å². The Morgan fingerprint density at radius 1 is 1.25 bits per heavy atom. The molecule has 0 amide bonds. The molecule has 1 aromatic rings. The van der Waals surface area contributed by atoms with Crippen LogP contribution in [0.1, 0.15) is 30.4 Å². The van der Waals surface area contributed by atoms with Crippen LogP contribution < -0.4 is 10.1 Å². The van der Waals surface area contributed by atoms with Crippen LogP contribution in [0.15, 0.2) is 12.1 Å². The minimum atomic E-state index is -3.00. The summed E-state index contributed by atoms with van der Waals surface area (Å²) in [6, 6.07) is 4.00. The summed E-state index contributed by atoms with van der Waals surface area (Å²) in [4.78, 5) is 0. The summed E-state index contributed by atoms with van der Waals surface area (Å²) in [6.45, 7) is 4.00. The van der Waals surface area contributed by atoms with E-state index in [0.717, 1.165) is 41.8 Å². The van der Waals surface area contributed by atoms with Gasteiger partial charge in [0.25, 0.3) is 0 Å². The van der Waals surface area contributed by atoms with Crippen LogP contribution in [0.3, 0.4) is 0 Å². The Morgan fingerprint density at radius 2 is 1.95 bits per heavy atom. The van der Waals surface area contributed by atoms with Gasteiger partial charge in [0.05, 0.1) is 12.4 Å². The quantitative estimate of drug-likeness (QED) is 0.928. The molecule has 1 fully saturated rings. The zero-order valence-electron chi connectivity index (χ0n) is 12.6. The third kappa shape index (κ3) is 2.92. The van der Waals surface area contributed by atoms with Crippen LogP contribution in [0, 0.1) is 13.8 Å². The highest BCUT2D eigenvalue weighted by Gasteiger charge is 2.34. The van der Waals surface area contributed by atoms with Crippen LogP contribution >= 0.6 is 0 Å². The van der Waals surface area contributed by atoms with Gasteiger partial charge < -0.3 is 10.1 Å². The molecule has 1 saturated carbocycles. The van der Waals surface area contributed by atoms with Crippen molar-refractivity contribution in [2.24, 2.45) is 0 Å². The fourth-order valence-electron chi connectivity index (χ4n) is 3.10. The molecule has 1 aliphatic rings. The molecule has 0 spiro atoms. The number of sulfone groups is 1. The fraction of sp³-hybridized carbons (Fsp3) is 0.600. The van der Waals surface area contributed by atoms with E-state index < -0.39 is 9.84 Å². The van der Waals surface area contributed by atoms with Gasteiger partial charge in [-0.2, -0.15) is 0 Å². The molecular formula is C15H23NO3S. The maximum atomic E-state index is 11.8. The zero-order chi connectivity index (χ0) is 14.9. The lowest BCUT2D eigenvalue weighted by molar-refractivity contribution is 0.409. The van der Waals surface area contributed by atoms with Crippen molar-refractivity contribution in [1.29, 1.82) is 0 Å². The molecule has 0 saturated heterocycles. The van der Waals surface area contributed by atoms with Crippen LogP contribution in [0.25, 0.3) is 0 Å². The topological polar surface area (TPSA) is 55.4 Å². The molecule has 2 unspecified atom stereocenters. The third-order valence-electron chi connectivity index (χ3n) is 4.15. The lowest BCUT2D eigenvalue weighted by Gasteiger charge is -2.23. The van der Waals surface area contributed by atoms with Crippen molar-refractivity contribution in [2.45, 2.75) is 44.4 Å². The third-order valence-corrected chi connectivity index (χ3v) is 5.81. The highest BCUT2D eigenvalue weighted by molar-refractivity contribution is 7.91. The van der Waals surface area contributed by atoms with E-state index in [1.54, 1.807) is 7.11 Å². The SMILES string of the molecule is COc1c(C)ccc(NC2CCCC2S(C)(=O)=O)c1C. The van der Waals surface area contributed by atoms with E-state index in [2.05, 4.69) is 5.32 Å². The Bertz CT molecular complexity index is 595. The number of rotatable bonds is 4. The van der Waals surface area contributed by atoms with Crippen molar-refractivity contribution in [3.8, 4) is 5.75 Å². The van der Waals surface area contributed by atoms with Gasteiger partial charge in [-0.3, -0.25) is 0 Å². The average molecular weight is 297 g/mol. The van der Waals surface area contributed by atoms with E-state index in [1.165, 1.54) is 6.26 Å².